The molecule has 6 heteroatoms. The number of nitrogens with zero attached hydrogens (tertiary/aromatic N) is 2. The minimum Gasteiger partial charge on any atom is -0.422 e. The van der Waals surface area contributed by atoms with E-state index in [2.05, 4.69) is 9.97 Å². The van der Waals surface area contributed by atoms with E-state index < -0.39 is 0 Å². The molecule has 0 N–H and O–H groups in total. The van der Waals surface area contributed by atoms with Crippen molar-refractivity contribution in [2.45, 2.75) is 41.5 Å². The van der Waals surface area contributed by atoms with Gasteiger partial charge in [0, 0.05) is 46.6 Å². The molecule has 0 bridgehead atoms. The predicted octanol–water partition coefficient (Wildman–Crippen LogP) is 4.23. The van der Waals surface area contributed by atoms with Crippen molar-refractivity contribution in [3.8, 4) is 0 Å². The first kappa shape index (κ1) is 19.5. The van der Waals surface area contributed by atoms with E-state index in [1.807, 2.05) is 41.5 Å². The highest BCUT2D eigenvalue weighted by Gasteiger charge is 2.08. The molecule has 4 rings (SSSR count). The van der Waals surface area contributed by atoms with Gasteiger partial charge >= 0.3 is 11.3 Å². The number of rotatable bonds is 0. The lowest BCUT2D eigenvalue weighted by Crippen LogP contribution is -2.00. The molecule has 0 saturated heterocycles. The summed E-state index contributed by atoms with van der Waals surface area (Å²) in [5.74, 6) is 0. The molecule has 4 aromatic heterocycles. The van der Waals surface area contributed by atoms with Crippen LogP contribution in [0.25, 0.3) is 22.1 Å². The van der Waals surface area contributed by atoms with Gasteiger partial charge in [-0.05, 0) is 63.8 Å². The third-order valence-electron chi connectivity index (χ3n) is 4.81. The lowest BCUT2D eigenvalue weighted by Gasteiger charge is -2.05. The highest BCUT2D eigenvalue weighted by molar-refractivity contribution is 5.84. The second-order valence-electron chi connectivity index (χ2n) is 6.97. The first-order valence-electron chi connectivity index (χ1n) is 8.92. The fourth-order valence-electron chi connectivity index (χ4n) is 3.24. The highest BCUT2D eigenvalue weighted by atomic mass is 16.4. The van der Waals surface area contributed by atoms with Crippen LogP contribution in [0.3, 0.4) is 0 Å². The topological polar surface area (TPSA) is 86.2 Å². The molecule has 6 nitrogen and oxygen atoms in total. The van der Waals surface area contributed by atoms with E-state index in [-0.39, 0.29) is 11.3 Å². The standard InChI is InChI=1S/2C11H11NO2/c1-6-4-9(13)14-11-7(2)5-12-8(3)10(6)11;1-6-4-9(13)14-11-10(6)8(3)7(2)5-12-11/h2*4-5H,1-3H3. The molecule has 0 fully saturated rings. The summed E-state index contributed by atoms with van der Waals surface area (Å²) in [7, 11) is 0. The van der Waals surface area contributed by atoms with Gasteiger partial charge in [-0.2, -0.15) is 0 Å². The average molecular weight is 378 g/mol. The van der Waals surface area contributed by atoms with E-state index in [0.717, 1.165) is 44.3 Å². The summed E-state index contributed by atoms with van der Waals surface area (Å²) < 4.78 is 10.2. The van der Waals surface area contributed by atoms with Crippen LogP contribution in [0.2, 0.25) is 0 Å². The summed E-state index contributed by atoms with van der Waals surface area (Å²) in [6, 6.07) is 2.99. The number of hydrogen-bond donors (Lipinski definition) is 0. The van der Waals surface area contributed by atoms with Gasteiger partial charge in [0.15, 0.2) is 0 Å². The number of hydrogen-bond acceptors (Lipinski definition) is 6. The fraction of sp³-hybridized carbons (Fsp3) is 0.273. The van der Waals surface area contributed by atoms with Crippen LogP contribution >= 0.6 is 0 Å². The number of aromatic nitrogens is 2. The Morgan fingerprint density at radius 1 is 0.679 bits per heavy atom. The summed E-state index contributed by atoms with van der Waals surface area (Å²) in [6.07, 6.45) is 3.44. The van der Waals surface area contributed by atoms with E-state index >= 15 is 0 Å². The Morgan fingerprint density at radius 3 is 1.93 bits per heavy atom. The van der Waals surface area contributed by atoms with E-state index in [4.69, 9.17) is 8.83 Å². The maximum atomic E-state index is 11.2. The quantitative estimate of drug-likeness (QED) is 0.455. The molecule has 0 aromatic carbocycles. The Kier molecular flexibility index (Phi) is 5.14. The summed E-state index contributed by atoms with van der Waals surface area (Å²) in [5.41, 5.74) is 6.30. The molecule has 0 spiro atoms. The maximum Gasteiger partial charge on any atom is 0.337 e. The van der Waals surface area contributed by atoms with E-state index in [0.29, 0.717) is 11.3 Å². The van der Waals surface area contributed by atoms with Crippen LogP contribution in [-0.2, 0) is 0 Å². The molecular weight excluding hydrogens is 356 g/mol. The van der Waals surface area contributed by atoms with Gasteiger partial charge in [0.05, 0.1) is 0 Å². The van der Waals surface area contributed by atoms with Crippen molar-refractivity contribution in [3.05, 3.63) is 78.9 Å². The molecule has 4 aromatic rings. The van der Waals surface area contributed by atoms with Crippen molar-refractivity contribution < 1.29 is 8.83 Å². The smallest absolute Gasteiger partial charge is 0.337 e. The molecule has 0 aliphatic rings. The molecule has 28 heavy (non-hydrogen) atoms. The fourth-order valence-corrected chi connectivity index (χ4v) is 3.24. The minimum atomic E-state index is -0.342. The Morgan fingerprint density at radius 2 is 1.25 bits per heavy atom. The van der Waals surface area contributed by atoms with Gasteiger partial charge in [0.25, 0.3) is 0 Å². The molecular formula is C22H22N2O4. The van der Waals surface area contributed by atoms with Crippen LogP contribution in [0.4, 0.5) is 0 Å². The molecule has 0 aliphatic carbocycles. The number of fused-ring (bicyclic) bond motifs is 2. The minimum absolute atomic E-state index is 0.302. The van der Waals surface area contributed by atoms with Crippen LogP contribution in [0.15, 0.2) is 42.9 Å². The normalized spacial score (nSPS) is 10.8. The molecule has 0 atom stereocenters. The first-order valence-corrected chi connectivity index (χ1v) is 8.92. The lowest BCUT2D eigenvalue weighted by atomic mass is 10.1. The van der Waals surface area contributed by atoms with Gasteiger partial charge < -0.3 is 8.83 Å². The summed E-state index contributed by atoms with van der Waals surface area (Å²) >= 11 is 0. The van der Waals surface area contributed by atoms with Crippen LogP contribution < -0.4 is 11.3 Å². The third-order valence-corrected chi connectivity index (χ3v) is 4.81. The van der Waals surface area contributed by atoms with Gasteiger partial charge in [-0.1, -0.05) is 0 Å². The first-order chi connectivity index (χ1) is 13.2. The lowest BCUT2D eigenvalue weighted by molar-refractivity contribution is 0.548. The number of aryl methyl sites for hydroxylation is 6. The van der Waals surface area contributed by atoms with E-state index in [1.165, 1.54) is 12.1 Å². The predicted molar refractivity (Wildman–Crippen MR) is 109 cm³/mol. The summed E-state index contributed by atoms with van der Waals surface area (Å²) in [5, 5.41) is 1.90. The summed E-state index contributed by atoms with van der Waals surface area (Å²) in [4.78, 5) is 30.6. The maximum absolute atomic E-state index is 11.2. The monoisotopic (exact) mass is 378 g/mol. The van der Waals surface area contributed by atoms with Crippen LogP contribution in [0.5, 0.6) is 0 Å². The summed E-state index contributed by atoms with van der Waals surface area (Å²) in [6.45, 7) is 11.6. The van der Waals surface area contributed by atoms with Gasteiger partial charge in [0.1, 0.15) is 5.58 Å². The molecule has 0 saturated carbocycles. The van der Waals surface area contributed by atoms with Crippen molar-refractivity contribution in [2.75, 3.05) is 0 Å². The molecule has 4 heterocycles. The van der Waals surface area contributed by atoms with Crippen molar-refractivity contribution in [1.29, 1.82) is 0 Å². The van der Waals surface area contributed by atoms with Crippen molar-refractivity contribution in [3.63, 3.8) is 0 Å². The van der Waals surface area contributed by atoms with Crippen molar-refractivity contribution in [2.24, 2.45) is 0 Å². The Labute approximate surface area is 161 Å². The van der Waals surface area contributed by atoms with Crippen LogP contribution in [0.1, 0.15) is 33.5 Å². The SMILES string of the molecule is Cc1cnc(C)c2c(C)cc(=O)oc12.Cc1cnc2oc(=O)cc(C)c2c1C. The van der Waals surface area contributed by atoms with Gasteiger partial charge in [0.2, 0.25) is 5.71 Å². The molecule has 144 valence electrons. The van der Waals surface area contributed by atoms with Crippen molar-refractivity contribution >= 4 is 22.1 Å². The highest BCUT2D eigenvalue weighted by Crippen LogP contribution is 2.22. The third kappa shape index (κ3) is 3.58. The van der Waals surface area contributed by atoms with Crippen LogP contribution in [-0.4, -0.2) is 9.97 Å². The Balaban J connectivity index is 0.000000161. The largest absolute Gasteiger partial charge is 0.422 e. The van der Waals surface area contributed by atoms with Gasteiger partial charge in [-0.25, -0.2) is 14.6 Å². The second kappa shape index (κ2) is 7.38. The van der Waals surface area contributed by atoms with Crippen LogP contribution in [0, 0.1) is 41.5 Å². The second-order valence-corrected chi connectivity index (χ2v) is 6.97. The Bertz CT molecular complexity index is 1300. The molecule has 0 unspecified atom stereocenters. The van der Waals surface area contributed by atoms with E-state index in [9.17, 15) is 9.59 Å². The molecule has 0 amide bonds. The van der Waals surface area contributed by atoms with Crippen molar-refractivity contribution in [1.82, 2.24) is 9.97 Å². The average Bonchev–Trinajstić information content (AvgIpc) is 2.61. The molecule has 0 radical (unpaired) electrons. The zero-order valence-corrected chi connectivity index (χ0v) is 16.8. The van der Waals surface area contributed by atoms with Gasteiger partial charge in [-0.15, -0.1) is 0 Å². The van der Waals surface area contributed by atoms with E-state index in [1.54, 1.807) is 12.4 Å². The number of pyridine rings is 2. The zero-order valence-electron chi connectivity index (χ0n) is 16.8. The van der Waals surface area contributed by atoms with Gasteiger partial charge in [-0.3, -0.25) is 4.98 Å². The zero-order chi connectivity index (χ0) is 20.6. The molecule has 0 aliphatic heterocycles. The Hall–Kier alpha value is -3.28.